The second-order valence-electron chi connectivity index (χ2n) is 4.55. The number of carbonyl (C=O) groups is 2. The molecule has 1 atom stereocenters. The number of benzene rings is 1. The zero-order chi connectivity index (χ0) is 14.7. The van der Waals surface area contributed by atoms with Crippen LogP contribution in [0.1, 0.15) is 6.92 Å². The van der Waals surface area contributed by atoms with Gasteiger partial charge in [-0.15, -0.1) is 0 Å². The first-order valence-corrected chi connectivity index (χ1v) is 6.10. The minimum atomic E-state index is -0.969. The Morgan fingerprint density at radius 3 is 2.80 bits per heavy atom. The van der Waals surface area contributed by atoms with E-state index in [2.05, 4.69) is 5.32 Å². The van der Waals surface area contributed by atoms with E-state index < -0.39 is 12.0 Å². The van der Waals surface area contributed by atoms with Crippen molar-refractivity contribution >= 4 is 17.6 Å². The van der Waals surface area contributed by atoms with Crippen molar-refractivity contribution < 1.29 is 24.2 Å². The SMILES string of the molecule is CC(C(=O)O)N(C)CC(=O)Nc1ccc2c(c1)OCO2. The number of carboxylic acid groups (broad SMARTS) is 1. The molecule has 2 N–H and O–H groups in total. The molecule has 1 aliphatic rings. The number of fused-ring (bicyclic) bond motifs is 1. The van der Waals surface area contributed by atoms with Crippen molar-refractivity contribution in [3.8, 4) is 11.5 Å². The van der Waals surface area contributed by atoms with Crippen LogP contribution in [0.2, 0.25) is 0 Å². The van der Waals surface area contributed by atoms with Gasteiger partial charge in [-0.1, -0.05) is 0 Å². The molecule has 1 amide bonds. The lowest BCUT2D eigenvalue weighted by Crippen LogP contribution is -2.40. The van der Waals surface area contributed by atoms with E-state index in [1.54, 1.807) is 25.2 Å². The van der Waals surface area contributed by atoms with E-state index in [-0.39, 0.29) is 19.2 Å². The van der Waals surface area contributed by atoms with Crippen LogP contribution < -0.4 is 14.8 Å². The molecule has 0 saturated carbocycles. The summed E-state index contributed by atoms with van der Waals surface area (Å²) in [6.45, 7) is 1.68. The monoisotopic (exact) mass is 280 g/mol. The Kier molecular flexibility index (Phi) is 4.09. The van der Waals surface area contributed by atoms with Gasteiger partial charge in [0.05, 0.1) is 6.54 Å². The van der Waals surface area contributed by atoms with Gasteiger partial charge in [-0.05, 0) is 26.1 Å². The van der Waals surface area contributed by atoms with Gasteiger partial charge in [-0.3, -0.25) is 14.5 Å². The Balaban J connectivity index is 1.93. The number of ether oxygens (including phenoxy) is 2. The number of amides is 1. The van der Waals surface area contributed by atoms with Gasteiger partial charge in [0.1, 0.15) is 6.04 Å². The largest absolute Gasteiger partial charge is 0.480 e. The third-order valence-corrected chi connectivity index (χ3v) is 3.07. The van der Waals surface area contributed by atoms with Crippen LogP contribution in [0, 0.1) is 0 Å². The topological polar surface area (TPSA) is 88.1 Å². The lowest BCUT2D eigenvalue weighted by molar-refractivity contribution is -0.142. The van der Waals surface area contributed by atoms with Gasteiger partial charge in [-0.2, -0.15) is 0 Å². The van der Waals surface area contributed by atoms with Crippen molar-refractivity contribution in [2.24, 2.45) is 0 Å². The van der Waals surface area contributed by atoms with Crippen LogP contribution in [0.3, 0.4) is 0 Å². The van der Waals surface area contributed by atoms with E-state index in [1.807, 2.05) is 0 Å². The van der Waals surface area contributed by atoms with Gasteiger partial charge in [-0.25, -0.2) is 0 Å². The van der Waals surface area contributed by atoms with E-state index >= 15 is 0 Å². The molecular formula is C13H16N2O5. The first-order chi connectivity index (χ1) is 9.47. The van der Waals surface area contributed by atoms with Gasteiger partial charge in [0.25, 0.3) is 0 Å². The smallest absolute Gasteiger partial charge is 0.320 e. The Hall–Kier alpha value is -2.28. The predicted molar refractivity (Wildman–Crippen MR) is 70.9 cm³/mol. The third-order valence-electron chi connectivity index (χ3n) is 3.07. The molecular weight excluding hydrogens is 264 g/mol. The summed E-state index contributed by atoms with van der Waals surface area (Å²) in [6, 6.07) is 4.35. The van der Waals surface area contributed by atoms with Crippen LogP contribution in [0.4, 0.5) is 5.69 Å². The van der Waals surface area contributed by atoms with E-state index in [9.17, 15) is 9.59 Å². The molecule has 0 spiro atoms. The molecule has 7 nitrogen and oxygen atoms in total. The Morgan fingerprint density at radius 1 is 1.40 bits per heavy atom. The minimum Gasteiger partial charge on any atom is -0.480 e. The predicted octanol–water partition coefficient (Wildman–Crippen LogP) is 0.759. The van der Waals surface area contributed by atoms with E-state index in [4.69, 9.17) is 14.6 Å². The normalized spacial score (nSPS) is 14.2. The fourth-order valence-electron chi connectivity index (χ4n) is 1.73. The maximum Gasteiger partial charge on any atom is 0.320 e. The van der Waals surface area contributed by atoms with E-state index in [1.165, 1.54) is 11.8 Å². The first kappa shape index (κ1) is 14.1. The highest BCUT2D eigenvalue weighted by atomic mass is 16.7. The average molecular weight is 280 g/mol. The van der Waals surface area contributed by atoms with Crippen LogP contribution in [0.5, 0.6) is 11.5 Å². The minimum absolute atomic E-state index is 0.0120. The number of hydrogen-bond acceptors (Lipinski definition) is 5. The summed E-state index contributed by atoms with van der Waals surface area (Å²) in [5, 5.41) is 11.5. The number of rotatable bonds is 5. The molecule has 0 radical (unpaired) electrons. The second-order valence-corrected chi connectivity index (χ2v) is 4.55. The van der Waals surface area contributed by atoms with Gasteiger partial charge in [0, 0.05) is 11.8 Å². The fourth-order valence-corrected chi connectivity index (χ4v) is 1.73. The molecule has 0 aromatic heterocycles. The number of nitrogens with one attached hydrogen (secondary N) is 1. The molecule has 1 aliphatic heterocycles. The molecule has 7 heteroatoms. The van der Waals surface area contributed by atoms with Crippen LogP contribution in [-0.2, 0) is 9.59 Å². The number of likely N-dealkylation sites (N-methyl/N-ethyl adjacent to an activating group) is 1. The Bertz CT molecular complexity index is 531. The molecule has 1 aromatic rings. The molecule has 0 saturated heterocycles. The Labute approximate surface area is 116 Å². The molecule has 2 rings (SSSR count). The summed E-state index contributed by atoms with van der Waals surface area (Å²) >= 11 is 0. The zero-order valence-electron chi connectivity index (χ0n) is 11.3. The van der Waals surface area contributed by atoms with Gasteiger partial charge in [0.2, 0.25) is 12.7 Å². The highest BCUT2D eigenvalue weighted by Crippen LogP contribution is 2.34. The quantitative estimate of drug-likeness (QED) is 0.828. The zero-order valence-corrected chi connectivity index (χ0v) is 11.3. The highest BCUT2D eigenvalue weighted by Gasteiger charge is 2.19. The summed E-state index contributed by atoms with van der Waals surface area (Å²) < 4.78 is 10.4. The van der Waals surface area contributed by atoms with Crippen molar-refractivity contribution in [2.45, 2.75) is 13.0 Å². The lowest BCUT2D eigenvalue weighted by atomic mass is 10.2. The highest BCUT2D eigenvalue weighted by molar-refractivity contribution is 5.93. The number of anilines is 1. The van der Waals surface area contributed by atoms with Crippen LogP contribution >= 0.6 is 0 Å². The van der Waals surface area contributed by atoms with Crippen molar-refractivity contribution in [1.82, 2.24) is 4.90 Å². The van der Waals surface area contributed by atoms with Crippen LogP contribution in [-0.4, -0.2) is 48.3 Å². The van der Waals surface area contributed by atoms with Crippen molar-refractivity contribution in [3.63, 3.8) is 0 Å². The number of hydrogen-bond donors (Lipinski definition) is 2. The number of carbonyl (C=O) groups excluding carboxylic acids is 1. The molecule has 0 bridgehead atoms. The third kappa shape index (κ3) is 3.18. The average Bonchev–Trinajstić information content (AvgIpc) is 2.84. The molecule has 108 valence electrons. The summed E-state index contributed by atoms with van der Waals surface area (Å²) in [7, 11) is 1.58. The molecule has 1 heterocycles. The standard InChI is InChI=1S/C13H16N2O5/c1-8(13(17)18)15(2)6-12(16)14-9-3-4-10-11(5-9)20-7-19-10/h3-5,8H,6-7H2,1-2H3,(H,14,16)(H,17,18). The maximum absolute atomic E-state index is 11.8. The lowest BCUT2D eigenvalue weighted by Gasteiger charge is -2.20. The second kappa shape index (κ2) is 5.79. The van der Waals surface area contributed by atoms with Crippen LogP contribution in [0.25, 0.3) is 0 Å². The molecule has 1 aromatic carbocycles. The van der Waals surface area contributed by atoms with E-state index in [0.717, 1.165) is 0 Å². The molecule has 20 heavy (non-hydrogen) atoms. The fraction of sp³-hybridized carbons (Fsp3) is 0.385. The van der Waals surface area contributed by atoms with Crippen molar-refractivity contribution in [3.05, 3.63) is 18.2 Å². The summed E-state index contributed by atoms with van der Waals surface area (Å²) in [5.41, 5.74) is 0.579. The van der Waals surface area contributed by atoms with Gasteiger partial charge < -0.3 is 19.9 Å². The molecule has 1 unspecified atom stereocenters. The van der Waals surface area contributed by atoms with Crippen molar-refractivity contribution in [1.29, 1.82) is 0 Å². The van der Waals surface area contributed by atoms with E-state index in [0.29, 0.717) is 17.2 Å². The maximum atomic E-state index is 11.8. The summed E-state index contributed by atoms with van der Waals surface area (Å²) in [4.78, 5) is 24.1. The Morgan fingerprint density at radius 2 is 2.10 bits per heavy atom. The van der Waals surface area contributed by atoms with Crippen LogP contribution in [0.15, 0.2) is 18.2 Å². The number of nitrogens with zero attached hydrogens (tertiary/aromatic N) is 1. The number of carboxylic acids is 1. The van der Waals surface area contributed by atoms with Gasteiger partial charge >= 0.3 is 5.97 Å². The molecule has 0 aliphatic carbocycles. The van der Waals surface area contributed by atoms with Crippen molar-refractivity contribution in [2.75, 3.05) is 25.7 Å². The summed E-state index contributed by atoms with van der Waals surface area (Å²) in [5.74, 6) is -0.0440. The number of aliphatic carboxylic acids is 1. The molecule has 0 fully saturated rings. The summed E-state index contributed by atoms with van der Waals surface area (Å²) in [6.07, 6.45) is 0. The van der Waals surface area contributed by atoms with Gasteiger partial charge in [0.15, 0.2) is 11.5 Å². The first-order valence-electron chi connectivity index (χ1n) is 6.10.